The minimum Gasteiger partial charge on any atom is -0.325 e. The molecule has 6 heteroatoms. The number of aryl methyl sites for hydroxylation is 1. The third-order valence-corrected chi connectivity index (χ3v) is 6.94. The van der Waals surface area contributed by atoms with E-state index in [1.807, 2.05) is 42.5 Å². The molecule has 0 radical (unpaired) electrons. The van der Waals surface area contributed by atoms with Crippen molar-refractivity contribution in [3.05, 3.63) is 101 Å². The van der Waals surface area contributed by atoms with E-state index in [1.165, 1.54) is 11.1 Å². The molecular weight excluding hydrogens is 436 g/mol. The van der Waals surface area contributed by atoms with Crippen molar-refractivity contribution >= 4 is 17.4 Å². The Morgan fingerprint density at radius 1 is 0.971 bits per heavy atom. The monoisotopic (exact) mass is 458 g/mol. The molecule has 2 unspecified atom stereocenters. The number of carbonyl (C=O) groups excluding carboxylic acids is 2. The predicted octanol–water partition coefficient (Wildman–Crippen LogP) is 5.28. The van der Waals surface area contributed by atoms with Gasteiger partial charge < -0.3 is 5.32 Å². The van der Waals surface area contributed by atoms with Crippen molar-refractivity contribution < 1.29 is 9.59 Å². The summed E-state index contributed by atoms with van der Waals surface area (Å²) in [4.78, 5) is 26.7. The maximum Gasteiger partial charge on any atom is 0.249 e. The number of Topliss-reactive ketones (excluding diaryl/α,β-unsaturated/α-hetero) is 1. The summed E-state index contributed by atoms with van der Waals surface area (Å²) in [5.74, 6) is -2.67. The highest BCUT2D eigenvalue weighted by Gasteiger charge is 2.42. The number of carbonyl (C=O) groups is 2. The van der Waals surface area contributed by atoms with E-state index in [1.54, 1.807) is 28.9 Å². The Hall–Kier alpha value is -4.50. The number of fused-ring (bicyclic) bond motifs is 3. The molecule has 0 bridgehead atoms. The van der Waals surface area contributed by atoms with Gasteiger partial charge in [0.2, 0.25) is 11.7 Å². The first-order valence-electron chi connectivity index (χ1n) is 11.8. The number of hydrogen-bond donors (Lipinski definition) is 1. The van der Waals surface area contributed by atoms with Crippen LogP contribution < -0.4 is 5.32 Å². The van der Waals surface area contributed by atoms with Crippen molar-refractivity contribution in [2.75, 3.05) is 5.32 Å². The van der Waals surface area contributed by atoms with Gasteiger partial charge in [0.15, 0.2) is 5.92 Å². The molecular formula is C29H22N4O2. The van der Waals surface area contributed by atoms with Gasteiger partial charge in [-0.3, -0.25) is 9.59 Å². The largest absolute Gasteiger partial charge is 0.325 e. The van der Waals surface area contributed by atoms with Crippen molar-refractivity contribution in [3.63, 3.8) is 0 Å². The lowest BCUT2D eigenvalue weighted by molar-refractivity contribution is -0.117. The van der Waals surface area contributed by atoms with Crippen LogP contribution in [0, 0.1) is 17.2 Å². The summed E-state index contributed by atoms with van der Waals surface area (Å²) < 4.78 is 1.81. The summed E-state index contributed by atoms with van der Waals surface area (Å²) in [7, 11) is 0. The molecule has 1 heterocycles. The third-order valence-electron chi connectivity index (χ3n) is 6.94. The molecule has 4 aromatic rings. The molecule has 6 rings (SSSR count). The highest BCUT2D eigenvalue weighted by molar-refractivity contribution is 6.16. The summed E-state index contributed by atoms with van der Waals surface area (Å²) in [6, 6.07) is 26.7. The molecule has 0 saturated carbocycles. The van der Waals surface area contributed by atoms with Crippen LogP contribution in [0.4, 0.5) is 5.69 Å². The summed E-state index contributed by atoms with van der Waals surface area (Å²) in [6.45, 7) is 0. The number of benzene rings is 3. The zero-order chi connectivity index (χ0) is 23.9. The SMILES string of the molecule is N#CC(C(=O)Nc1ccccc1)C(=O)c1nn(-c2ccccc2)c2c1C1CCCc3cccc-2c31. The zero-order valence-corrected chi connectivity index (χ0v) is 18.9. The van der Waals surface area contributed by atoms with Crippen LogP contribution >= 0.6 is 0 Å². The predicted molar refractivity (Wildman–Crippen MR) is 132 cm³/mol. The van der Waals surface area contributed by atoms with Gasteiger partial charge in [0, 0.05) is 22.7 Å². The van der Waals surface area contributed by atoms with E-state index in [2.05, 4.69) is 23.5 Å². The average molecular weight is 459 g/mol. The number of anilines is 1. The topological polar surface area (TPSA) is 87.8 Å². The molecule has 2 aliphatic rings. The first kappa shape index (κ1) is 21.1. The van der Waals surface area contributed by atoms with Crippen molar-refractivity contribution in [2.24, 2.45) is 5.92 Å². The summed E-state index contributed by atoms with van der Waals surface area (Å²) >= 11 is 0. The first-order chi connectivity index (χ1) is 17.2. The number of para-hydroxylation sites is 2. The molecule has 0 fully saturated rings. The molecule has 1 amide bonds. The van der Waals surface area contributed by atoms with Crippen LogP contribution in [0.25, 0.3) is 16.9 Å². The zero-order valence-electron chi connectivity index (χ0n) is 18.9. The number of nitriles is 1. The van der Waals surface area contributed by atoms with Crippen LogP contribution in [0.2, 0.25) is 0 Å². The van der Waals surface area contributed by atoms with E-state index in [0.717, 1.165) is 41.8 Å². The molecule has 170 valence electrons. The van der Waals surface area contributed by atoms with Gasteiger partial charge in [-0.25, -0.2) is 4.68 Å². The minimum absolute atomic E-state index is 0.0397. The van der Waals surface area contributed by atoms with E-state index in [0.29, 0.717) is 5.69 Å². The fraction of sp³-hybridized carbons (Fsp3) is 0.172. The van der Waals surface area contributed by atoms with Crippen LogP contribution in [-0.4, -0.2) is 21.5 Å². The third kappa shape index (κ3) is 3.36. The van der Waals surface area contributed by atoms with E-state index in [9.17, 15) is 14.9 Å². The van der Waals surface area contributed by atoms with Crippen LogP contribution in [0.1, 0.15) is 45.9 Å². The average Bonchev–Trinajstić information content (AvgIpc) is 3.44. The smallest absolute Gasteiger partial charge is 0.249 e. The molecule has 0 spiro atoms. The number of nitrogens with one attached hydrogen (secondary N) is 1. The molecule has 3 aromatic carbocycles. The summed E-state index contributed by atoms with van der Waals surface area (Å²) in [5, 5.41) is 17.3. The molecule has 6 nitrogen and oxygen atoms in total. The second-order valence-electron chi connectivity index (χ2n) is 8.96. The van der Waals surface area contributed by atoms with E-state index in [-0.39, 0.29) is 11.6 Å². The van der Waals surface area contributed by atoms with Crippen molar-refractivity contribution in [3.8, 4) is 23.0 Å². The van der Waals surface area contributed by atoms with E-state index >= 15 is 0 Å². The Morgan fingerprint density at radius 2 is 1.71 bits per heavy atom. The molecule has 2 aliphatic carbocycles. The number of amides is 1. The lowest BCUT2D eigenvalue weighted by Crippen LogP contribution is -2.29. The Bertz CT molecular complexity index is 1500. The summed E-state index contributed by atoms with van der Waals surface area (Å²) in [5.41, 5.74) is 6.96. The maximum atomic E-state index is 13.8. The van der Waals surface area contributed by atoms with Crippen LogP contribution in [-0.2, 0) is 11.2 Å². The number of rotatable bonds is 5. The second-order valence-corrected chi connectivity index (χ2v) is 8.96. The van der Waals surface area contributed by atoms with E-state index in [4.69, 9.17) is 5.10 Å². The Kier molecular flexibility index (Phi) is 5.04. The van der Waals surface area contributed by atoms with Crippen LogP contribution in [0.5, 0.6) is 0 Å². The van der Waals surface area contributed by atoms with Gasteiger partial charge in [0.1, 0.15) is 5.69 Å². The van der Waals surface area contributed by atoms with Crippen LogP contribution in [0.3, 0.4) is 0 Å². The second kappa shape index (κ2) is 8.37. The minimum atomic E-state index is -1.50. The number of ketones is 1. The molecule has 1 N–H and O–H groups in total. The first-order valence-corrected chi connectivity index (χ1v) is 11.8. The van der Waals surface area contributed by atoms with Gasteiger partial charge in [0.25, 0.3) is 0 Å². The van der Waals surface area contributed by atoms with Gasteiger partial charge in [-0.2, -0.15) is 10.4 Å². The van der Waals surface area contributed by atoms with Crippen LogP contribution in [0.15, 0.2) is 78.9 Å². The highest BCUT2D eigenvalue weighted by atomic mass is 16.2. The Morgan fingerprint density at radius 3 is 2.46 bits per heavy atom. The van der Waals surface area contributed by atoms with Gasteiger partial charge in [0.05, 0.1) is 17.5 Å². The van der Waals surface area contributed by atoms with Crippen molar-refractivity contribution in [1.82, 2.24) is 9.78 Å². The van der Waals surface area contributed by atoms with Gasteiger partial charge >= 0.3 is 0 Å². The van der Waals surface area contributed by atoms with Gasteiger partial charge in [-0.05, 0) is 54.7 Å². The lowest BCUT2D eigenvalue weighted by atomic mass is 9.81. The quantitative estimate of drug-likeness (QED) is 0.325. The fourth-order valence-corrected chi connectivity index (χ4v) is 5.45. The normalized spacial score (nSPS) is 16.0. The number of hydrogen-bond acceptors (Lipinski definition) is 4. The Labute approximate surface area is 202 Å². The van der Waals surface area contributed by atoms with E-state index < -0.39 is 17.6 Å². The standard InChI is InChI=1S/C29H22N4O2/c30-17-23(29(35)31-19-11-3-1-4-12-19)28(34)26-25-21-15-7-9-18-10-8-16-22(24(18)21)27(25)33(32-26)20-13-5-2-6-14-20/h1-6,8,10-14,16,21,23H,7,9,15H2,(H,31,35). The van der Waals surface area contributed by atoms with Gasteiger partial charge in [-0.15, -0.1) is 0 Å². The van der Waals surface area contributed by atoms with Crippen molar-refractivity contribution in [1.29, 1.82) is 5.26 Å². The highest BCUT2D eigenvalue weighted by Crippen LogP contribution is 2.52. The van der Waals surface area contributed by atoms with Gasteiger partial charge in [-0.1, -0.05) is 54.6 Å². The molecule has 0 saturated heterocycles. The van der Waals surface area contributed by atoms with Crippen molar-refractivity contribution in [2.45, 2.75) is 25.2 Å². The number of aromatic nitrogens is 2. The maximum absolute atomic E-state index is 13.8. The summed E-state index contributed by atoms with van der Waals surface area (Å²) in [6.07, 6.45) is 2.93. The fourth-order valence-electron chi connectivity index (χ4n) is 5.45. The molecule has 0 aliphatic heterocycles. The lowest BCUT2D eigenvalue weighted by Gasteiger charge is -2.22. The molecule has 35 heavy (non-hydrogen) atoms. The Balaban J connectivity index is 1.48. The molecule has 2 atom stereocenters. The number of nitrogens with zero attached hydrogens (tertiary/aromatic N) is 3. The molecule has 1 aromatic heterocycles.